The molecule has 0 radical (unpaired) electrons. The Balaban J connectivity index is 1.22. The molecule has 35 heavy (non-hydrogen) atoms. The van der Waals surface area contributed by atoms with Crippen LogP contribution in [0.4, 0.5) is 28.0 Å². The number of alkyl halides is 1. The quantitative estimate of drug-likeness (QED) is 0.381. The van der Waals surface area contributed by atoms with Gasteiger partial charge in [0.05, 0.1) is 36.7 Å². The number of hydrogen-bond acceptors (Lipinski definition) is 7. The predicted octanol–water partition coefficient (Wildman–Crippen LogP) is 4.00. The van der Waals surface area contributed by atoms with Gasteiger partial charge in [-0.15, -0.1) is 0 Å². The van der Waals surface area contributed by atoms with Crippen LogP contribution in [0.25, 0.3) is 11.1 Å². The van der Waals surface area contributed by atoms with Gasteiger partial charge < -0.3 is 18.7 Å². The highest BCUT2D eigenvalue weighted by Gasteiger charge is 2.70. The van der Waals surface area contributed by atoms with Crippen molar-refractivity contribution >= 4 is 11.8 Å². The summed E-state index contributed by atoms with van der Waals surface area (Å²) >= 11 is 0. The Labute approximate surface area is 195 Å². The maximum absolute atomic E-state index is 15.1. The van der Waals surface area contributed by atoms with Gasteiger partial charge in [0.1, 0.15) is 18.7 Å². The van der Waals surface area contributed by atoms with E-state index in [1.165, 1.54) is 24.5 Å². The van der Waals surface area contributed by atoms with Crippen LogP contribution >= 0.6 is 0 Å². The summed E-state index contributed by atoms with van der Waals surface area (Å²) in [5.41, 5.74) is -2.82. The van der Waals surface area contributed by atoms with Crippen molar-refractivity contribution in [3.8, 4) is 17.0 Å². The second kappa shape index (κ2) is 7.94. The van der Waals surface area contributed by atoms with Crippen LogP contribution in [0.15, 0.2) is 41.2 Å². The van der Waals surface area contributed by atoms with E-state index in [-0.39, 0.29) is 42.1 Å². The van der Waals surface area contributed by atoms with Crippen LogP contribution in [0.1, 0.15) is 5.69 Å². The molecular weight excluding hydrogens is 474 g/mol. The minimum Gasteiger partial charge on any atom is -0.471 e. The summed E-state index contributed by atoms with van der Waals surface area (Å²) in [4.78, 5) is 17.1. The second-order valence-corrected chi connectivity index (χ2v) is 8.60. The lowest BCUT2D eigenvalue weighted by Gasteiger charge is -2.17. The largest absolute Gasteiger partial charge is 0.471 e. The van der Waals surface area contributed by atoms with Crippen molar-refractivity contribution in [2.45, 2.75) is 11.8 Å². The molecule has 12 heteroatoms. The Morgan fingerprint density at radius 2 is 1.94 bits per heavy atom. The van der Waals surface area contributed by atoms with Crippen molar-refractivity contribution in [3.05, 3.63) is 59.9 Å². The van der Waals surface area contributed by atoms with Crippen LogP contribution in [0, 0.1) is 29.3 Å². The van der Waals surface area contributed by atoms with Crippen LogP contribution in [0.2, 0.25) is 0 Å². The molecule has 182 valence electrons. The zero-order valence-electron chi connectivity index (χ0n) is 17.9. The molecule has 0 spiro atoms. The highest BCUT2D eigenvalue weighted by Crippen LogP contribution is 2.63. The number of pyridine rings is 1. The van der Waals surface area contributed by atoms with Crippen molar-refractivity contribution in [1.82, 2.24) is 10.1 Å². The molecule has 1 aromatic carbocycles. The monoisotopic (exact) mass is 491 g/mol. The molecule has 2 saturated heterocycles. The van der Waals surface area contributed by atoms with Crippen LogP contribution in [0.3, 0.4) is 0 Å². The number of carbonyl (C=O) groups excluding carboxylic acids is 1. The number of benzene rings is 1. The van der Waals surface area contributed by atoms with E-state index < -0.39 is 46.6 Å². The summed E-state index contributed by atoms with van der Waals surface area (Å²) in [5, 5.41) is 3.54. The fourth-order valence-electron chi connectivity index (χ4n) is 4.75. The van der Waals surface area contributed by atoms with Gasteiger partial charge in [0, 0.05) is 35.7 Å². The Bertz CT molecular complexity index is 1280. The fourth-order valence-corrected chi connectivity index (χ4v) is 4.75. The lowest BCUT2D eigenvalue weighted by molar-refractivity contribution is 0.0974. The van der Waals surface area contributed by atoms with Gasteiger partial charge >= 0.3 is 6.09 Å². The first-order chi connectivity index (χ1) is 16.9. The summed E-state index contributed by atoms with van der Waals surface area (Å²) in [6.07, 6.45) is 0.576. The number of carbonyl (C=O) groups is 1. The normalized spacial score (nSPS) is 27.1. The second-order valence-electron chi connectivity index (χ2n) is 8.60. The van der Waals surface area contributed by atoms with Crippen LogP contribution in [-0.2, 0) is 15.1 Å². The van der Waals surface area contributed by atoms with Crippen molar-refractivity contribution in [2.24, 2.45) is 11.8 Å². The highest BCUT2D eigenvalue weighted by atomic mass is 19.2. The van der Waals surface area contributed by atoms with Gasteiger partial charge in [-0.25, -0.2) is 22.4 Å². The van der Waals surface area contributed by atoms with Crippen LogP contribution < -0.4 is 9.64 Å². The smallest absolute Gasteiger partial charge is 0.414 e. The minimum absolute atomic E-state index is 0.0669. The van der Waals surface area contributed by atoms with E-state index in [1.54, 1.807) is 0 Å². The van der Waals surface area contributed by atoms with Crippen LogP contribution in [0.5, 0.6) is 5.88 Å². The number of rotatable bonds is 6. The maximum Gasteiger partial charge on any atom is 0.414 e. The van der Waals surface area contributed by atoms with E-state index in [1.807, 2.05) is 0 Å². The van der Waals surface area contributed by atoms with E-state index in [0.29, 0.717) is 19.3 Å². The lowest BCUT2D eigenvalue weighted by Crippen LogP contribution is -2.28. The number of cyclic esters (lactones) is 1. The van der Waals surface area contributed by atoms with Crippen molar-refractivity contribution in [1.29, 1.82) is 0 Å². The van der Waals surface area contributed by atoms with Gasteiger partial charge in [-0.05, 0) is 11.2 Å². The fraction of sp³-hybridized carbons (Fsp3) is 0.348. The first-order valence-electron chi connectivity index (χ1n) is 10.8. The molecule has 1 aliphatic carbocycles. The molecule has 3 aromatic rings. The first-order valence-corrected chi connectivity index (χ1v) is 10.8. The number of halogens is 4. The van der Waals surface area contributed by atoms with Crippen molar-refractivity contribution in [2.75, 3.05) is 31.3 Å². The zero-order chi connectivity index (χ0) is 24.3. The minimum atomic E-state index is -1.62. The molecule has 4 atom stereocenters. The Kier molecular flexibility index (Phi) is 4.95. The van der Waals surface area contributed by atoms with Gasteiger partial charge in [-0.1, -0.05) is 6.07 Å². The molecule has 4 heterocycles. The summed E-state index contributed by atoms with van der Waals surface area (Å²) in [6, 6.07) is 4.79. The third-order valence-electron chi connectivity index (χ3n) is 6.63. The summed E-state index contributed by atoms with van der Waals surface area (Å²) in [6.45, 7) is 0.271. The molecule has 8 nitrogen and oxygen atoms in total. The van der Waals surface area contributed by atoms with E-state index in [0.717, 1.165) is 11.1 Å². The molecule has 2 aromatic heterocycles. The summed E-state index contributed by atoms with van der Waals surface area (Å²) in [5.74, 6) is -4.46. The summed E-state index contributed by atoms with van der Waals surface area (Å²) in [7, 11) is 0. The van der Waals surface area contributed by atoms with Crippen molar-refractivity contribution < 1.29 is 41.1 Å². The molecule has 0 N–H and O–H groups in total. The molecule has 3 aliphatic rings. The number of hydrogen-bond donors (Lipinski definition) is 0. The zero-order valence-corrected chi connectivity index (χ0v) is 17.9. The standard InChI is InChI=1S/C23H17F4N3O5/c24-15-5-16(30-7-12(35-22(30)31)8-33-18-3-4-34-29-18)20(25)21(26)19(15)11-1-2-17(28-6-11)23(27)13-9-32-10-14(13)23/h1-6,12-14H,7-10H2/t12-,13-,14+,23?/m1/s1. The topological polar surface area (TPSA) is 86.9 Å². The molecule has 1 saturated carbocycles. The number of nitrogens with zero attached hydrogens (tertiary/aromatic N) is 3. The van der Waals surface area contributed by atoms with Gasteiger partial charge in [-0.3, -0.25) is 9.88 Å². The first kappa shape index (κ1) is 21.8. The Morgan fingerprint density at radius 3 is 2.63 bits per heavy atom. The van der Waals surface area contributed by atoms with Gasteiger partial charge in [0.15, 0.2) is 23.4 Å². The molecule has 3 fully saturated rings. The molecule has 0 bridgehead atoms. The number of amides is 1. The Morgan fingerprint density at radius 1 is 1.14 bits per heavy atom. The summed E-state index contributed by atoms with van der Waals surface area (Å²) < 4.78 is 80.3. The molecule has 2 aliphatic heterocycles. The van der Waals surface area contributed by atoms with E-state index in [4.69, 9.17) is 14.2 Å². The van der Waals surface area contributed by atoms with Gasteiger partial charge in [0.25, 0.3) is 5.88 Å². The third kappa shape index (κ3) is 3.42. The SMILES string of the molecule is O=C1O[C@@H](COc2ccon2)CN1c1cc(F)c(-c2ccc(C3(F)[C@@H]4COC[C@@H]43)nc2)c(F)c1F. The lowest BCUT2D eigenvalue weighted by atomic mass is 10.0. The van der Waals surface area contributed by atoms with E-state index in [9.17, 15) is 18.0 Å². The molecular formula is C23H17F4N3O5. The predicted molar refractivity (Wildman–Crippen MR) is 110 cm³/mol. The Hall–Kier alpha value is -3.67. The number of fused-ring (bicyclic) bond motifs is 1. The molecule has 1 amide bonds. The third-order valence-corrected chi connectivity index (χ3v) is 6.63. The average molecular weight is 491 g/mol. The van der Waals surface area contributed by atoms with Crippen molar-refractivity contribution in [3.63, 3.8) is 0 Å². The highest BCUT2D eigenvalue weighted by molar-refractivity contribution is 5.90. The number of aromatic nitrogens is 2. The van der Waals surface area contributed by atoms with Gasteiger partial charge in [-0.2, -0.15) is 0 Å². The van der Waals surface area contributed by atoms with E-state index >= 15 is 4.39 Å². The van der Waals surface area contributed by atoms with E-state index in [2.05, 4.69) is 14.7 Å². The molecule has 1 unspecified atom stereocenters. The van der Waals surface area contributed by atoms with Gasteiger partial charge in [0.2, 0.25) is 0 Å². The molecule has 6 rings (SSSR count). The maximum atomic E-state index is 15.1. The number of anilines is 1. The van der Waals surface area contributed by atoms with Crippen LogP contribution in [-0.4, -0.2) is 48.7 Å². The average Bonchev–Trinajstić information content (AvgIpc) is 3.41. The number of ether oxygens (including phenoxy) is 3.